The molecule has 0 heterocycles. The van der Waals surface area contributed by atoms with Gasteiger partial charge < -0.3 is 0 Å². The van der Waals surface area contributed by atoms with Crippen molar-refractivity contribution in [2.75, 3.05) is 0 Å². The zero-order valence-corrected chi connectivity index (χ0v) is 8.23. The maximum atomic E-state index is 9.04. The van der Waals surface area contributed by atoms with Crippen LogP contribution in [0.25, 0.3) is 0 Å². The molecule has 2 heteroatoms. The van der Waals surface area contributed by atoms with E-state index in [2.05, 4.69) is 0 Å². The molecule has 0 aromatic heterocycles. The topological polar surface area (TPSA) is 20.2 Å². The van der Waals surface area contributed by atoms with Crippen LogP contribution in [0.2, 0.25) is 4.44 Å². The summed E-state index contributed by atoms with van der Waals surface area (Å²) < 4.78 is 1.19. The Morgan fingerprint density at radius 3 is 2.00 bits per heavy atom. The fourth-order valence-electron chi connectivity index (χ4n) is 0.353. The molecule has 1 nitrogen and oxygen atoms in total. The van der Waals surface area contributed by atoms with Gasteiger partial charge in [0.2, 0.25) is 0 Å². The Hall–Kier alpha value is 0.759. The van der Waals surface area contributed by atoms with Gasteiger partial charge >= 0.3 is 57.9 Å². The van der Waals surface area contributed by atoms with Gasteiger partial charge in [-0.3, -0.25) is 0 Å². The van der Waals surface area contributed by atoms with Crippen LogP contribution in [0.5, 0.6) is 0 Å². The normalized spacial score (nSPS) is 12.0. The Morgan fingerprint density at radius 2 is 2.00 bits per heavy atom. The minimum absolute atomic E-state index is 0.417. The van der Waals surface area contributed by atoms with Gasteiger partial charge in [-0.25, -0.2) is 0 Å². The van der Waals surface area contributed by atoms with Gasteiger partial charge in [0, 0.05) is 0 Å². The summed E-state index contributed by atoms with van der Waals surface area (Å²) >= 11 is 1.26. The minimum atomic E-state index is -0.417. The molecular weight excluding hydrogens is 195 g/mol. The first-order valence-electron chi connectivity index (χ1n) is 2.49. The molecule has 0 aliphatic carbocycles. The molecule has 0 bridgehead atoms. The standard InChI is InChI=1S/C5H11O.Sn.H/c1-4-5(2,3)6;;/h6H,1,4H2,2-3H3;;. The molecule has 0 aliphatic rings. The number of hydrogen-bond acceptors (Lipinski definition) is 1. The molecule has 2 radical (unpaired) electrons. The molecule has 0 saturated carbocycles. The van der Waals surface area contributed by atoms with E-state index in [1.807, 2.05) is 13.8 Å². The molecule has 0 spiro atoms. The molecule has 42 valence electrons. The van der Waals surface area contributed by atoms with E-state index in [1.54, 1.807) is 0 Å². The van der Waals surface area contributed by atoms with Gasteiger partial charge in [-0.05, 0) is 0 Å². The van der Waals surface area contributed by atoms with Gasteiger partial charge in [0.25, 0.3) is 0 Å². The van der Waals surface area contributed by atoms with Crippen molar-refractivity contribution in [2.45, 2.75) is 30.3 Å². The molecule has 7 heavy (non-hydrogen) atoms. The monoisotopic (exact) mass is 208 g/mol. The third-order valence-electron chi connectivity index (χ3n) is 0.756. The van der Waals surface area contributed by atoms with Crippen LogP contribution in [0.15, 0.2) is 0 Å². The van der Waals surface area contributed by atoms with Gasteiger partial charge in [-0.2, -0.15) is 0 Å². The average molecular weight is 207 g/mol. The van der Waals surface area contributed by atoms with Gasteiger partial charge in [-0.1, -0.05) is 0 Å². The van der Waals surface area contributed by atoms with Crippen molar-refractivity contribution in [1.29, 1.82) is 0 Å². The molecule has 1 N–H and O–H groups in total. The molecule has 0 saturated heterocycles. The SMILES string of the molecule is CC(C)(O)C[CH2][SnH]. The van der Waals surface area contributed by atoms with Crippen molar-refractivity contribution in [3.63, 3.8) is 0 Å². The number of hydrogen-bond donors (Lipinski definition) is 1. The number of aliphatic hydroxyl groups is 1. The first-order chi connectivity index (χ1) is 3.06. The van der Waals surface area contributed by atoms with Crippen LogP contribution in [-0.4, -0.2) is 33.2 Å². The summed E-state index contributed by atoms with van der Waals surface area (Å²) in [6, 6.07) is 0. The molecule has 0 aliphatic heterocycles. The molecule has 0 aromatic carbocycles. The van der Waals surface area contributed by atoms with E-state index in [4.69, 9.17) is 5.11 Å². The van der Waals surface area contributed by atoms with E-state index < -0.39 is 5.60 Å². The van der Waals surface area contributed by atoms with Crippen molar-refractivity contribution in [1.82, 2.24) is 0 Å². The molecule has 0 amide bonds. The Bertz CT molecular complexity index is 46.5. The molecule has 0 unspecified atom stereocenters. The van der Waals surface area contributed by atoms with Gasteiger partial charge in [0.05, 0.1) is 0 Å². The summed E-state index contributed by atoms with van der Waals surface area (Å²) in [5.74, 6) is 0. The quantitative estimate of drug-likeness (QED) is 0.652. The molecular formula is C5H12OSn. The Morgan fingerprint density at radius 1 is 1.57 bits per heavy atom. The van der Waals surface area contributed by atoms with Gasteiger partial charge in [0.15, 0.2) is 0 Å². The Balaban J connectivity index is 3.15. The van der Waals surface area contributed by atoms with Crippen molar-refractivity contribution >= 4 is 22.5 Å². The van der Waals surface area contributed by atoms with Crippen molar-refractivity contribution in [3.8, 4) is 0 Å². The first-order valence-corrected chi connectivity index (χ1v) is 4.82. The summed E-state index contributed by atoms with van der Waals surface area (Å²) in [5.41, 5.74) is -0.417. The molecule has 0 fully saturated rings. The number of rotatable bonds is 2. The van der Waals surface area contributed by atoms with E-state index >= 15 is 0 Å². The fraction of sp³-hybridized carbons (Fsp3) is 1.00. The van der Waals surface area contributed by atoms with Crippen LogP contribution in [0, 0.1) is 0 Å². The summed E-state index contributed by atoms with van der Waals surface area (Å²) in [7, 11) is 0. The second kappa shape index (κ2) is 2.92. The van der Waals surface area contributed by atoms with E-state index in [0.29, 0.717) is 0 Å². The third-order valence-corrected chi connectivity index (χ3v) is 1.58. The van der Waals surface area contributed by atoms with Crippen molar-refractivity contribution in [3.05, 3.63) is 0 Å². The summed E-state index contributed by atoms with van der Waals surface area (Å²) in [5, 5.41) is 9.04. The summed E-state index contributed by atoms with van der Waals surface area (Å²) in [6.45, 7) is 3.70. The second-order valence-electron chi connectivity index (χ2n) is 2.35. The zero-order chi connectivity index (χ0) is 5.91. The molecule has 0 aromatic rings. The van der Waals surface area contributed by atoms with E-state index in [9.17, 15) is 0 Å². The van der Waals surface area contributed by atoms with E-state index in [0.717, 1.165) is 6.42 Å². The Kier molecular flexibility index (Phi) is 3.24. The summed E-state index contributed by atoms with van der Waals surface area (Å²) in [6.07, 6.45) is 0.954. The molecule has 0 atom stereocenters. The maximum absolute atomic E-state index is 9.04. The third kappa shape index (κ3) is 6.76. The van der Waals surface area contributed by atoms with Crippen LogP contribution in [-0.2, 0) is 0 Å². The molecule has 0 rings (SSSR count). The Labute approximate surface area is 58.2 Å². The van der Waals surface area contributed by atoms with Crippen molar-refractivity contribution < 1.29 is 5.11 Å². The fourth-order valence-corrected chi connectivity index (χ4v) is 2.37. The van der Waals surface area contributed by atoms with Crippen LogP contribution in [0.1, 0.15) is 20.3 Å². The zero-order valence-electron chi connectivity index (χ0n) is 4.94. The average Bonchev–Trinajstić information content (AvgIpc) is 1.30. The van der Waals surface area contributed by atoms with Crippen molar-refractivity contribution in [2.24, 2.45) is 0 Å². The van der Waals surface area contributed by atoms with Crippen LogP contribution in [0.4, 0.5) is 0 Å². The van der Waals surface area contributed by atoms with Crippen LogP contribution in [0.3, 0.4) is 0 Å². The van der Waals surface area contributed by atoms with Gasteiger partial charge in [-0.15, -0.1) is 0 Å². The predicted molar refractivity (Wildman–Crippen MR) is 32.9 cm³/mol. The van der Waals surface area contributed by atoms with Crippen LogP contribution < -0.4 is 0 Å². The van der Waals surface area contributed by atoms with Gasteiger partial charge in [0.1, 0.15) is 0 Å². The predicted octanol–water partition coefficient (Wildman–Crippen LogP) is 0.466. The summed E-state index contributed by atoms with van der Waals surface area (Å²) in [4.78, 5) is 0. The van der Waals surface area contributed by atoms with E-state index in [-0.39, 0.29) is 0 Å². The first kappa shape index (κ1) is 7.76. The van der Waals surface area contributed by atoms with Crippen LogP contribution >= 0.6 is 0 Å². The van der Waals surface area contributed by atoms with E-state index in [1.165, 1.54) is 27.0 Å². The second-order valence-corrected chi connectivity index (χ2v) is 4.00.